The molecule has 1 aromatic rings. The number of aryl methyl sites for hydroxylation is 1. The highest BCUT2D eigenvalue weighted by atomic mass is 16.2. The quantitative estimate of drug-likeness (QED) is 0.927. The second-order valence-electron chi connectivity index (χ2n) is 6.83. The Morgan fingerprint density at radius 1 is 1.13 bits per heavy atom. The minimum atomic E-state index is -0.0929. The normalized spacial score (nSPS) is 22.7. The summed E-state index contributed by atoms with van der Waals surface area (Å²) in [6.07, 6.45) is 5.68. The SMILES string of the molecule is O=C1CC(C(=O)N2CCC(CCc3ccccc3)CC2)CCN1. The maximum Gasteiger partial charge on any atom is 0.226 e. The number of hydrogen-bond donors (Lipinski definition) is 1. The molecule has 1 atom stereocenters. The third kappa shape index (κ3) is 4.34. The fourth-order valence-electron chi connectivity index (χ4n) is 3.71. The fraction of sp³-hybridized carbons (Fsp3) is 0.579. The molecule has 2 saturated heterocycles. The van der Waals surface area contributed by atoms with Crippen LogP contribution in [0.3, 0.4) is 0 Å². The molecule has 3 rings (SSSR count). The van der Waals surface area contributed by atoms with Gasteiger partial charge in [0.05, 0.1) is 0 Å². The van der Waals surface area contributed by atoms with E-state index in [4.69, 9.17) is 0 Å². The van der Waals surface area contributed by atoms with Crippen molar-refractivity contribution in [1.29, 1.82) is 0 Å². The zero-order valence-electron chi connectivity index (χ0n) is 13.7. The van der Waals surface area contributed by atoms with Gasteiger partial charge in [-0.25, -0.2) is 0 Å². The van der Waals surface area contributed by atoms with Gasteiger partial charge in [-0.05, 0) is 43.6 Å². The monoisotopic (exact) mass is 314 g/mol. The van der Waals surface area contributed by atoms with Crippen molar-refractivity contribution >= 4 is 11.8 Å². The van der Waals surface area contributed by atoms with E-state index in [0.29, 0.717) is 18.9 Å². The topological polar surface area (TPSA) is 49.4 Å². The van der Waals surface area contributed by atoms with Crippen LogP contribution in [-0.2, 0) is 16.0 Å². The third-order valence-electron chi connectivity index (χ3n) is 5.21. The lowest BCUT2D eigenvalue weighted by Crippen LogP contribution is -2.46. The van der Waals surface area contributed by atoms with Crippen LogP contribution in [0.15, 0.2) is 30.3 Å². The number of carbonyl (C=O) groups excluding carboxylic acids is 2. The molecule has 0 aliphatic carbocycles. The number of nitrogens with zero attached hydrogens (tertiary/aromatic N) is 1. The molecule has 0 bridgehead atoms. The largest absolute Gasteiger partial charge is 0.356 e. The number of benzene rings is 1. The Labute approximate surface area is 138 Å². The van der Waals surface area contributed by atoms with Gasteiger partial charge in [0, 0.05) is 32.0 Å². The first-order valence-corrected chi connectivity index (χ1v) is 8.82. The van der Waals surface area contributed by atoms with Gasteiger partial charge in [0.1, 0.15) is 0 Å². The number of piperidine rings is 2. The lowest BCUT2D eigenvalue weighted by Gasteiger charge is -2.35. The van der Waals surface area contributed by atoms with Crippen molar-refractivity contribution in [3.63, 3.8) is 0 Å². The molecule has 0 aromatic heterocycles. The number of rotatable bonds is 4. The summed E-state index contributed by atoms with van der Waals surface area (Å²) in [5.41, 5.74) is 1.40. The van der Waals surface area contributed by atoms with Crippen molar-refractivity contribution in [2.45, 2.75) is 38.5 Å². The van der Waals surface area contributed by atoms with E-state index in [1.807, 2.05) is 4.90 Å². The Kier molecular flexibility index (Phi) is 5.31. The summed E-state index contributed by atoms with van der Waals surface area (Å²) in [6.45, 7) is 2.36. The summed E-state index contributed by atoms with van der Waals surface area (Å²) in [6, 6.07) is 10.6. The van der Waals surface area contributed by atoms with E-state index in [1.54, 1.807) is 0 Å². The molecule has 2 aliphatic heterocycles. The molecule has 4 heteroatoms. The van der Waals surface area contributed by atoms with Crippen LogP contribution < -0.4 is 5.32 Å². The van der Waals surface area contributed by atoms with Gasteiger partial charge in [-0.1, -0.05) is 30.3 Å². The van der Waals surface area contributed by atoms with Crippen LogP contribution in [0.5, 0.6) is 0 Å². The molecule has 0 radical (unpaired) electrons. The van der Waals surface area contributed by atoms with Gasteiger partial charge in [0.15, 0.2) is 0 Å². The third-order valence-corrected chi connectivity index (χ3v) is 5.21. The van der Waals surface area contributed by atoms with E-state index in [1.165, 1.54) is 12.0 Å². The smallest absolute Gasteiger partial charge is 0.226 e. The summed E-state index contributed by atoms with van der Waals surface area (Å²) in [4.78, 5) is 26.0. The Morgan fingerprint density at radius 2 is 1.87 bits per heavy atom. The second kappa shape index (κ2) is 7.62. The van der Waals surface area contributed by atoms with Crippen LogP contribution in [-0.4, -0.2) is 36.3 Å². The lowest BCUT2D eigenvalue weighted by molar-refractivity contribution is -0.141. The number of carbonyl (C=O) groups is 2. The van der Waals surface area contributed by atoms with Crippen molar-refractivity contribution in [2.24, 2.45) is 11.8 Å². The first kappa shape index (κ1) is 16.0. The van der Waals surface area contributed by atoms with E-state index < -0.39 is 0 Å². The molecule has 2 fully saturated rings. The molecule has 2 heterocycles. The first-order valence-electron chi connectivity index (χ1n) is 8.82. The van der Waals surface area contributed by atoms with Crippen molar-refractivity contribution in [3.8, 4) is 0 Å². The standard InChI is InChI=1S/C19H26N2O2/c22-18-14-17(8-11-20-18)19(23)21-12-9-16(10-13-21)7-6-15-4-2-1-3-5-15/h1-5,16-17H,6-14H2,(H,20,22). The molecule has 0 spiro atoms. The van der Waals surface area contributed by atoms with E-state index in [0.717, 1.165) is 38.8 Å². The van der Waals surface area contributed by atoms with Crippen LogP contribution in [0.1, 0.15) is 37.7 Å². The summed E-state index contributed by atoms with van der Waals surface area (Å²) in [5.74, 6) is 0.840. The molecule has 2 aliphatic rings. The first-order chi connectivity index (χ1) is 11.2. The van der Waals surface area contributed by atoms with Crippen molar-refractivity contribution in [3.05, 3.63) is 35.9 Å². The molecule has 124 valence electrons. The Bertz CT molecular complexity index is 536. The Hall–Kier alpha value is -1.84. The number of amides is 2. The average Bonchev–Trinajstić information content (AvgIpc) is 2.61. The molecule has 1 aromatic carbocycles. The average molecular weight is 314 g/mol. The molecule has 23 heavy (non-hydrogen) atoms. The van der Waals surface area contributed by atoms with Gasteiger partial charge in [0.25, 0.3) is 0 Å². The summed E-state index contributed by atoms with van der Waals surface area (Å²) in [5, 5.41) is 2.80. The molecular weight excluding hydrogens is 288 g/mol. The van der Waals surface area contributed by atoms with E-state index >= 15 is 0 Å². The lowest BCUT2D eigenvalue weighted by atomic mass is 9.89. The molecule has 4 nitrogen and oxygen atoms in total. The Balaban J connectivity index is 1.43. The summed E-state index contributed by atoms with van der Waals surface area (Å²) < 4.78 is 0. The zero-order chi connectivity index (χ0) is 16.1. The summed E-state index contributed by atoms with van der Waals surface area (Å²) >= 11 is 0. The van der Waals surface area contributed by atoms with Crippen LogP contribution >= 0.6 is 0 Å². The van der Waals surface area contributed by atoms with E-state index in [2.05, 4.69) is 35.6 Å². The molecule has 0 saturated carbocycles. The highest BCUT2D eigenvalue weighted by molar-refractivity contribution is 5.86. The van der Waals surface area contributed by atoms with E-state index in [9.17, 15) is 9.59 Å². The fourth-order valence-corrected chi connectivity index (χ4v) is 3.71. The van der Waals surface area contributed by atoms with Gasteiger partial charge in [-0.3, -0.25) is 9.59 Å². The number of likely N-dealkylation sites (tertiary alicyclic amines) is 1. The van der Waals surface area contributed by atoms with Crippen LogP contribution in [0, 0.1) is 11.8 Å². The number of hydrogen-bond acceptors (Lipinski definition) is 2. The number of nitrogens with one attached hydrogen (secondary N) is 1. The molecule has 2 amide bonds. The minimum Gasteiger partial charge on any atom is -0.356 e. The molecular formula is C19H26N2O2. The summed E-state index contributed by atoms with van der Waals surface area (Å²) in [7, 11) is 0. The minimum absolute atomic E-state index is 0.0207. The Morgan fingerprint density at radius 3 is 2.57 bits per heavy atom. The van der Waals surface area contributed by atoms with Crippen molar-refractivity contribution < 1.29 is 9.59 Å². The second-order valence-corrected chi connectivity index (χ2v) is 6.83. The van der Waals surface area contributed by atoms with Gasteiger partial charge in [-0.2, -0.15) is 0 Å². The van der Waals surface area contributed by atoms with Crippen LogP contribution in [0.4, 0.5) is 0 Å². The van der Waals surface area contributed by atoms with Crippen LogP contribution in [0.25, 0.3) is 0 Å². The highest BCUT2D eigenvalue weighted by Gasteiger charge is 2.31. The van der Waals surface area contributed by atoms with Gasteiger partial charge >= 0.3 is 0 Å². The van der Waals surface area contributed by atoms with E-state index in [-0.39, 0.29) is 17.7 Å². The maximum atomic E-state index is 12.5. The van der Waals surface area contributed by atoms with Gasteiger partial charge in [0.2, 0.25) is 11.8 Å². The van der Waals surface area contributed by atoms with Crippen molar-refractivity contribution in [1.82, 2.24) is 10.2 Å². The molecule has 1 unspecified atom stereocenters. The zero-order valence-corrected chi connectivity index (χ0v) is 13.7. The van der Waals surface area contributed by atoms with Gasteiger partial charge < -0.3 is 10.2 Å². The van der Waals surface area contributed by atoms with Gasteiger partial charge in [-0.15, -0.1) is 0 Å². The predicted octanol–water partition coefficient (Wildman–Crippen LogP) is 2.38. The highest BCUT2D eigenvalue weighted by Crippen LogP contribution is 2.25. The van der Waals surface area contributed by atoms with Crippen LogP contribution in [0.2, 0.25) is 0 Å². The van der Waals surface area contributed by atoms with Crippen molar-refractivity contribution in [2.75, 3.05) is 19.6 Å². The maximum absolute atomic E-state index is 12.5. The predicted molar refractivity (Wildman–Crippen MR) is 89.8 cm³/mol. The molecule has 1 N–H and O–H groups in total.